The fraction of sp³-hybridized carbons (Fsp3) is 0.500. The second-order valence-electron chi connectivity index (χ2n) is 3.66. The number of rotatable bonds is 5. The Morgan fingerprint density at radius 2 is 2.20 bits per heavy atom. The summed E-state index contributed by atoms with van der Waals surface area (Å²) in [5.74, 6) is 0. The molecule has 1 unspecified atom stereocenters. The third-order valence-electron chi connectivity index (χ3n) is 2.42. The van der Waals surface area contributed by atoms with Crippen LogP contribution in [0.4, 0.5) is 5.69 Å². The van der Waals surface area contributed by atoms with Crippen molar-refractivity contribution < 1.29 is 4.74 Å². The molecule has 15 heavy (non-hydrogen) atoms. The van der Waals surface area contributed by atoms with E-state index in [-0.39, 0.29) is 0 Å². The summed E-state index contributed by atoms with van der Waals surface area (Å²) in [7, 11) is 1.72. The molecule has 0 heterocycles. The van der Waals surface area contributed by atoms with Gasteiger partial charge in [0, 0.05) is 23.9 Å². The standard InChI is InChI=1S/C12H18ClNO/c1-4-11(8-15-3)14-12-7-10(13)6-5-9(12)2/h5-7,11,14H,4,8H2,1-3H3. The van der Waals surface area contributed by atoms with Gasteiger partial charge in [-0.1, -0.05) is 24.6 Å². The van der Waals surface area contributed by atoms with Crippen molar-refractivity contribution in [3.05, 3.63) is 28.8 Å². The lowest BCUT2D eigenvalue weighted by Crippen LogP contribution is -2.24. The summed E-state index contributed by atoms with van der Waals surface area (Å²) in [6, 6.07) is 6.21. The van der Waals surface area contributed by atoms with Gasteiger partial charge in [0.25, 0.3) is 0 Å². The highest BCUT2D eigenvalue weighted by molar-refractivity contribution is 6.30. The molecule has 0 amide bonds. The van der Waals surface area contributed by atoms with Crippen molar-refractivity contribution in [3.63, 3.8) is 0 Å². The van der Waals surface area contributed by atoms with E-state index in [0.29, 0.717) is 12.6 Å². The molecule has 0 saturated heterocycles. The van der Waals surface area contributed by atoms with Crippen molar-refractivity contribution in [2.24, 2.45) is 0 Å². The summed E-state index contributed by atoms with van der Waals surface area (Å²) < 4.78 is 5.14. The number of aryl methyl sites for hydroxylation is 1. The maximum Gasteiger partial charge on any atom is 0.0663 e. The average Bonchev–Trinajstić information content (AvgIpc) is 2.22. The Kier molecular flexibility index (Phi) is 4.92. The minimum absolute atomic E-state index is 0.340. The largest absolute Gasteiger partial charge is 0.383 e. The zero-order chi connectivity index (χ0) is 11.3. The summed E-state index contributed by atoms with van der Waals surface area (Å²) in [5.41, 5.74) is 2.29. The van der Waals surface area contributed by atoms with Crippen LogP contribution < -0.4 is 5.32 Å². The highest BCUT2D eigenvalue weighted by Crippen LogP contribution is 2.21. The van der Waals surface area contributed by atoms with E-state index in [1.54, 1.807) is 7.11 Å². The Labute approximate surface area is 96.6 Å². The molecule has 0 saturated carbocycles. The highest BCUT2D eigenvalue weighted by Gasteiger charge is 2.07. The first-order valence-electron chi connectivity index (χ1n) is 5.19. The fourth-order valence-electron chi connectivity index (χ4n) is 1.43. The Morgan fingerprint density at radius 3 is 2.80 bits per heavy atom. The number of methoxy groups -OCH3 is 1. The number of nitrogens with one attached hydrogen (secondary N) is 1. The summed E-state index contributed by atoms with van der Waals surface area (Å²) >= 11 is 5.95. The molecule has 2 nitrogen and oxygen atoms in total. The van der Waals surface area contributed by atoms with Crippen molar-refractivity contribution in [3.8, 4) is 0 Å². The summed E-state index contributed by atoms with van der Waals surface area (Å²) in [6.45, 7) is 4.91. The highest BCUT2D eigenvalue weighted by atomic mass is 35.5. The first-order chi connectivity index (χ1) is 7.17. The molecular formula is C12H18ClNO. The number of hydrogen-bond acceptors (Lipinski definition) is 2. The lowest BCUT2D eigenvalue weighted by molar-refractivity contribution is 0.184. The third kappa shape index (κ3) is 3.73. The van der Waals surface area contributed by atoms with Gasteiger partial charge in [0.1, 0.15) is 0 Å². The van der Waals surface area contributed by atoms with Crippen LogP contribution in [0.3, 0.4) is 0 Å². The number of halogens is 1. The number of hydrogen-bond donors (Lipinski definition) is 1. The van der Waals surface area contributed by atoms with Crippen LogP contribution in [0.15, 0.2) is 18.2 Å². The Morgan fingerprint density at radius 1 is 1.47 bits per heavy atom. The zero-order valence-electron chi connectivity index (χ0n) is 9.51. The molecule has 1 aromatic rings. The van der Waals surface area contributed by atoms with Gasteiger partial charge in [-0.2, -0.15) is 0 Å². The van der Waals surface area contributed by atoms with Crippen LogP contribution in [-0.2, 0) is 4.74 Å². The van der Waals surface area contributed by atoms with Gasteiger partial charge >= 0.3 is 0 Å². The van der Waals surface area contributed by atoms with Gasteiger partial charge in [-0.15, -0.1) is 0 Å². The predicted octanol–water partition coefficient (Wildman–Crippen LogP) is 3.49. The number of ether oxygens (including phenoxy) is 1. The first kappa shape index (κ1) is 12.3. The number of benzene rings is 1. The van der Waals surface area contributed by atoms with E-state index in [1.165, 1.54) is 5.56 Å². The quantitative estimate of drug-likeness (QED) is 0.832. The molecule has 84 valence electrons. The Balaban J connectivity index is 2.73. The molecule has 0 aliphatic rings. The first-order valence-corrected chi connectivity index (χ1v) is 5.56. The van der Waals surface area contributed by atoms with E-state index in [0.717, 1.165) is 17.1 Å². The van der Waals surface area contributed by atoms with Gasteiger partial charge in [-0.25, -0.2) is 0 Å². The van der Waals surface area contributed by atoms with Crippen molar-refractivity contribution in [1.82, 2.24) is 0 Å². The van der Waals surface area contributed by atoms with Crippen LogP contribution in [0.2, 0.25) is 5.02 Å². The van der Waals surface area contributed by atoms with Crippen molar-refractivity contribution in [2.75, 3.05) is 19.0 Å². The summed E-state index contributed by atoms with van der Waals surface area (Å²) in [6.07, 6.45) is 1.03. The van der Waals surface area contributed by atoms with E-state index < -0.39 is 0 Å². The molecule has 0 fully saturated rings. The molecule has 0 bridgehead atoms. The Bertz CT molecular complexity index is 314. The van der Waals surface area contributed by atoms with E-state index in [2.05, 4.69) is 19.2 Å². The molecule has 0 aromatic heterocycles. The maximum atomic E-state index is 5.95. The molecule has 3 heteroatoms. The van der Waals surface area contributed by atoms with E-state index in [1.807, 2.05) is 18.2 Å². The smallest absolute Gasteiger partial charge is 0.0663 e. The van der Waals surface area contributed by atoms with Crippen LogP contribution in [0.1, 0.15) is 18.9 Å². The molecule has 1 aromatic carbocycles. The van der Waals surface area contributed by atoms with Gasteiger partial charge in [0.05, 0.1) is 6.61 Å². The second-order valence-corrected chi connectivity index (χ2v) is 4.10. The van der Waals surface area contributed by atoms with E-state index >= 15 is 0 Å². The molecule has 1 atom stereocenters. The summed E-state index contributed by atoms with van der Waals surface area (Å²) in [4.78, 5) is 0. The molecular weight excluding hydrogens is 210 g/mol. The third-order valence-corrected chi connectivity index (χ3v) is 2.65. The maximum absolute atomic E-state index is 5.95. The van der Waals surface area contributed by atoms with Gasteiger partial charge in [-0.05, 0) is 31.0 Å². The number of anilines is 1. The van der Waals surface area contributed by atoms with E-state index in [9.17, 15) is 0 Å². The van der Waals surface area contributed by atoms with Gasteiger partial charge in [-0.3, -0.25) is 0 Å². The monoisotopic (exact) mass is 227 g/mol. The van der Waals surface area contributed by atoms with E-state index in [4.69, 9.17) is 16.3 Å². The van der Waals surface area contributed by atoms with Crippen LogP contribution in [0.5, 0.6) is 0 Å². The average molecular weight is 228 g/mol. The molecule has 0 radical (unpaired) electrons. The molecule has 0 aliphatic carbocycles. The Hall–Kier alpha value is -0.730. The molecule has 1 N–H and O–H groups in total. The molecule has 1 rings (SSSR count). The van der Waals surface area contributed by atoms with Crippen molar-refractivity contribution in [1.29, 1.82) is 0 Å². The van der Waals surface area contributed by atoms with Gasteiger partial charge < -0.3 is 10.1 Å². The second kappa shape index (κ2) is 5.99. The van der Waals surface area contributed by atoms with Crippen LogP contribution in [0.25, 0.3) is 0 Å². The van der Waals surface area contributed by atoms with Crippen molar-refractivity contribution in [2.45, 2.75) is 26.3 Å². The van der Waals surface area contributed by atoms with Gasteiger partial charge in [0.2, 0.25) is 0 Å². The summed E-state index contributed by atoms with van der Waals surface area (Å²) in [5, 5.41) is 4.19. The van der Waals surface area contributed by atoms with Crippen LogP contribution in [-0.4, -0.2) is 19.8 Å². The van der Waals surface area contributed by atoms with Crippen molar-refractivity contribution >= 4 is 17.3 Å². The molecule has 0 aliphatic heterocycles. The van der Waals surface area contributed by atoms with Crippen LogP contribution >= 0.6 is 11.6 Å². The lowest BCUT2D eigenvalue weighted by Gasteiger charge is -2.19. The minimum atomic E-state index is 0.340. The normalized spacial score (nSPS) is 12.5. The molecule has 0 spiro atoms. The predicted molar refractivity (Wildman–Crippen MR) is 65.8 cm³/mol. The van der Waals surface area contributed by atoms with Crippen LogP contribution in [0, 0.1) is 6.92 Å². The zero-order valence-corrected chi connectivity index (χ0v) is 10.3. The fourth-order valence-corrected chi connectivity index (χ4v) is 1.60. The minimum Gasteiger partial charge on any atom is -0.383 e. The lowest BCUT2D eigenvalue weighted by atomic mass is 10.1. The SMILES string of the molecule is CCC(COC)Nc1cc(Cl)ccc1C. The van der Waals surface area contributed by atoms with Gasteiger partial charge in [0.15, 0.2) is 0 Å². The topological polar surface area (TPSA) is 21.3 Å².